The number of nitrogen functional groups attached to an aromatic ring is 1. The van der Waals surface area contributed by atoms with Crippen molar-refractivity contribution in [2.45, 2.75) is 19.8 Å². The minimum Gasteiger partial charge on any atom is -0.356 e. The number of nitrogens with one attached hydrogen (secondary N) is 3. The van der Waals surface area contributed by atoms with Gasteiger partial charge in [0.25, 0.3) is 5.91 Å². The molecule has 19 heavy (non-hydrogen) atoms. The first-order valence-corrected chi connectivity index (χ1v) is 6.15. The van der Waals surface area contributed by atoms with Crippen molar-refractivity contribution in [3.05, 3.63) is 23.9 Å². The maximum Gasteiger partial charge on any atom is 0.251 e. The number of carbonyl (C=O) groups is 2. The van der Waals surface area contributed by atoms with E-state index in [1.54, 1.807) is 6.07 Å². The van der Waals surface area contributed by atoms with E-state index in [9.17, 15) is 9.59 Å². The zero-order chi connectivity index (χ0) is 14.1. The number of hydrogen-bond donors (Lipinski definition) is 4. The summed E-state index contributed by atoms with van der Waals surface area (Å²) >= 11 is 0. The van der Waals surface area contributed by atoms with E-state index in [1.165, 1.54) is 12.3 Å². The lowest BCUT2D eigenvalue weighted by molar-refractivity contribution is -0.120. The van der Waals surface area contributed by atoms with Crippen LogP contribution in [0.25, 0.3) is 0 Å². The average molecular weight is 265 g/mol. The number of hydrogen-bond acceptors (Lipinski definition) is 5. The van der Waals surface area contributed by atoms with E-state index < -0.39 is 0 Å². The molecule has 0 aliphatic rings. The van der Waals surface area contributed by atoms with Gasteiger partial charge < -0.3 is 16.1 Å². The summed E-state index contributed by atoms with van der Waals surface area (Å²) in [5.41, 5.74) is 2.81. The Hall–Kier alpha value is -2.15. The van der Waals surface area contributed by atoms with Gasteiger partial charge in [-0.25, -0.2) is 10.8 Å². The van der Waals surface area contributed by atoms with Crippen molar-refractivity contribution in [2.75, 3.05) is 18.5 Å². The van der Waals surface area contributed by atoms with E-state index in [2.05, 4.69) is 21.0 Å². The van der Waals surface area contributed by atoms with E-state index in [-0.39, 0.29) is 18.2 Å². The Morgan fingerprint density at radius 1 is 1.32 bits per heavy atom. The molecule has 7 heteroatoms. The Balaban J connectivity index is 2.36. The van der Waals surface area contributed by atoms with Crippen LogP contribution in [0, 0.1) is 0 Å². The number of amides is 2. The summed E-state index contributed by atoms with van der Waals surface area (Å²) in [5.74, 6) is 5.29. The van der Waals surface area contributed by atoms with Gasteiger partial charge in [0.15, 0.2) is 0 Å². The van der Waals surface area contributed by atoms with Gasteiger partial charge in [-0.1, -0.05) is 6.92 Å². The zero-order valence-electron chi connectivity index (χ0n) is 10.9. The van der Waals surface area contributed by atoms with Crippen LogP contribution in [0.3, 0.4) is 0 Å². The first-order chi connectivity index (χ1) is 9.17. The summed E-state index contributed by atoms with van der Waals surface area (Å²) in [6, 6.07) is 3.11. The van der Waals surface area contributed by atoms with Crippen LogP contribution in [0.15, 0.2) is 18.3 Å². The molecule has 104 valence electrons. The van der Waals surface area contributed by atoms with Crippen LogP contribution in [0.5, 0.6) is 0 Å². The van der Waals surface area contributed by atoms with E-state index in [1.807, 2.05) is 6.92 Å². The van der Waals surface area contributed by atoms with Crippen LogP contribution in [0.1, 0.15) is 30.1 Å². The number of hydrazine groups is 1. The molecule has 5 N–H and O–H groups in total. The van der Waals surface area contributed by atoms with Crippen molar-refractivity contribution in [3.63, 3.8) is 0 Å². The lowest BCUT2D eigenvalue weighted by Crippen LogP contribution is -2.31. The molecule has 0 unspecified atom stereocenters. The summed E-state index contributed by atoms with van der Waals surface area (Å²) in [6.45, 7) is 2.93. The van der Waals surface area contributed by atoms with Gasteiger partial charge in [0, 0.05) is 31.3 Å². The van der Waals surface area contributed by atoms with Crippen LogP contribution >= 0.6 is 0 Å². The molecular formula is C12H19N5O2. The van der Waals surface area contributed by atoms with Gasteiger partial charge in [-0.15, -0.1) is 0 Å². The summed E-state index contributed by atoms with van der Waals surface area (Å²) in [4.78, 5) is 27.0. The molecule has 7 nitrogen and oxygen atoms in total. The lowest BCUT2D eigenvalue weighted by atomic mass is 10.2. The number of anilines is 1. The summed E-state index contributed by atoms with van der Waals surface area (Å²) < 4.78 is 0. The molecule has 0 saturated heterocycles. The smallest absolute Gasteiger partial charge is 0.251 e. The topological polar surface area (TPSA) is 109 Å². The van der Waals surface area contributed by atoms with Gasteiger partial charge in [0.2, 0.25) is 5.91 Å². The molecular weight excluding hydrogens is 246 g/mol. The van der Waals surface area contributed by atoms with Crippen LogP contribution in [0.4, 0.5) is 5.82 Å². The highest BCUT2D eigenvalue weighted by molar-refractivity contribution is 5.95. The van der Waals surface area contributed by atoms with Crippen LogP contribution in [0.2, 0.25) is 0 Å². The quantitative estimate of drug-likeness (QED) is 0.410. The molecule has 0 aliphatic carbocycles. The molecule has 1 rings (SSSR count). The molecule has 0 saturated carbocycles. The lowest BCUT2D eigenvalue weighted by Gasteiger charge is -2.06. The second kappa shape index (κ2) is 8.04. The fourth-order valence-corrected chi connectivity index (χ4v) is 1.40. The molecule has 0 fully saturated rings. The van der Waals surface area contributed by atoms with Crippen molar-refractivity contribution in [2.24, 2.45) is 5.84 Å². The number of pyridine rings is 1. The van der Waals surface area contributed by atoms with Crippen LogP contribution in [-0.4, -0.2) is 29.9 Å². The monoisotopic (exact) mass is 265 g/mol. The number of rotatable bonds is 7. The molecule has 0 aromatic carbocycles. The van der Waals surface area contributed by atoms with Crippen LogP contribution in [-0.2, 0) is 4.79 Å². The minimum absolute atomic E-state index is 0.0683. The average Bonchev–Trinajstić information content (AvgIpc) is 2.45. The van der Waals surface area contributed by atoms with Gasteiger partial charge in [-0.05, 0) is 18.6 Å². The van der Waals surface area contributed by atoms with Crippen molar-refractivity contribution >= 4 is 17.6 Å². The van der Waals surface area contributed by atoms with E-state index in [0.717, 1.165) is 6.42 Å². The Morgan fingerprint density at radius 2 is 2.11 bits per heavy atom. The van der Waals surface area contributed by atoms with Gasteiger partial charge in [0.05, 0.1) is 0 Å². The standard InChI is InChI=1S/C12H19N5O2/c1-2-5-15-11(18)4-7-16-12(19)9-3-6-14-10(8-9)17-13/h3,6,8H,2,4-5,7,13H2,1H3,(H,14,17)(H,15,18)(H,16,19). The second-order valence-corrected chi connectivity index (χ2v) is 3.93. The maximum absolute atomic E-state index is 11.8. The van der Waals surface area contributed by atoms with Gasteiger partial charge in [-0.3, -0.25) is 9.59 Å². The number of nitrogens with two attached hydrogens (primary N) is 1. The number of nitrogens with zero attached hydrogens (tertiary/aromatic N) is 1. The molecule has 0 spiro atoms. The third-order valence-electron chi connectivity index (χ3n) is 2.38. The molecule has 2 amide bonds. The van der Waals surface area contributed by atoms with Crippen molar-refractivity contribution < 1.29 is 9.59 Å². The molecule has 0 atom stereocenters. The molecule has 0 bridgehead atoms. The summed E-state index contributed by atoms with van der Waals surface area (Å²) in [6.07, 6.45) is 2.64. The molecule has 0 aliphatic heterocycles. The Bertz CT molecular complexity index is 436. The molecule has 1 heterocycles. The molecule has 1 aromatic heterocycles. The fraction of sp³-hybridized carbons (Fsp3) is 0.417. The predicted octanol–water partition coefficient (Wildman–Crippen LogP) is 0.0133. The number of aromatic nitrogens is 1. The predicted molar refractivity (Wildman–Crippen MR) is 72.3 cm³/mol. The Morgan fingerprint density at radius 3 is 2.79 bits per heavy atom. The normalized spacial score (nSPS) is 9.79. The highest BCUT2D eigenvalue weighted by atomic mass is 16.2. The number of carbonyl (C=O) groups excluding carboxylic acids is 2. The summed E-state index contributed by atoms with van der Waals surface area (Å²) in [7, 11) is 0. The van der Waals surface area contributed by atoms with Crippen molar-refractivity contribution in [1.82, 2.24) is 15.6 Å². The highest BCUT2D eigenvalue weighted by Crippen LogP contribution is 2.04. The van der Waals surface area contributed by atoms with Crippen molar-refractivity contribution in [1.29, 1.82) is 0 Å². The van der Waals surface area contributed by atoms with Crippen LogP contribution < -0.4 is 21.9 Å². The molecule has 1 aromatic rings. The van der Waals surface area contributed by atoms with E-state index in [4.69, 9.17) is 5.84 Å². The van der Waals surface area contributed by atoms with Crippen molar-refractivity contribution in [3.8, 4) is 0 Å². The molecule has 0 radical (unpaired) electrons. The first-order valence-electron chi connectivity index (χ1n) is 6.15. The third kappa shape index (κ3) is 5.35. The summed E-state index contributed by atoms with van der Waals surface area (Å²) in [5, 5.41) is 5.40. The van der Waals surface area contributed by atoms with E-state index >= 15 is 0 Å². The largest absolute Gasteiger partial charge is 0.356 e. The minimum atomic E-state index is -0.262. The fourth-order valence-electron chi connectivity index (χ4n) is 1.40. The van der Waals surface area contributed by atoms with Gasteiger partial charge in [0.1, 0.15) is 5.82 Å². The second-order valence-electron chi connectivity index (χ2n) is 3.93. The SMILES string of the molecule is CCCNC(=O)CCNC(=O)c1ccnc(NN)c1. The third-order valence-corrected chi connectivity index (χ3v) is 2.38. The van der Waals surface area contributed by atoms with Gasteiger partial charge in [-0.2, -0.15) is 0 Å². The van der Waals surface area contributed by atoms with Gasteiger partial charge >= 0.3 is 0 Å². The zero-order valence-corrected chi connectivity index (χ0v) is 10.9. The Kier molecular flexibility index (Phi) is 6.31. The Labute approximate surface area is 111 Å². The van der Waals surface area contributed by atoms with E-state index in [0.29, 0.717) is 24.5 Å². The first kappa shape index (κ1) is 14.9. The maximum atomic E-state index is 11.8. The highest BCUT2D eigenvalue weighted by Gasteiger charge is 2.07.